The number of ether oxygens (including phenoxy) is 1. The lowest BCUT2D eigenvalue weighted by Gasteiger charge is -2.19. The van der Waals surface area contributed by atoms with E-state index in [4.69, 9.17) is 41.5 Å². The van der Waals surface area contributed by atoms with E-state index in [1.165, 1.54) is 12.1 Å². The van der Waals surface area contributed by atoms with Crippen molar-refractivity contribution in [3.8, 4) is 29.0 Å². The molecule has 0 N–H and O–H groups in total. The van der Waals surface area contributed by atoms with E-state index in [1.54, 1.807) is 60.7 Å². The minimum Gasteiger partial charge on any atom is -0.424 e. The number of hydrogen-bond acceptors (Lipinski definition) is 8. The van der Waals surface area contributed by atoms with Crippen molar-refractivity contribution >= 4 is 31.0 Å². The van der Waals surface area contributed by atoms with Gasteiger partial charge in [0.05, 0.1) is 0 Å². The number of hydrogen-bond donors (Lipinski definition) is 0. The summed E-state index contributed by atoms with van der Waals surface area (Å²) in [5, 5.41) is -0.200. The maximum atomic E-state index is 13.4. The normalized spacial score (nSPS) is 10.9. The molecule has 0 unspecified atom stereocenters. The Labute approximate surface area is 193 Å². The Kier molecular flexibility index (Phi) is 6.75. The molecule has 0 aliphatic rings. The third-order valence-electron chi connectivity index (χ3n) is 3.73. The van der Waals surface area contributed by atoms with Crippen molar-refractivity contribution in [3.63, 3.8) is 0 Å². The lowest BCUT2D eigenvalue weighted by Crippen LogP contribution is -2.07. The zero-order chi connectivity index (χ0) is 22.4. The topological polar surface area (TPSA) is 92.7 Å². The van der Waals surface area contributed by atoms with Crippen LogP contribution in [0.5, 0.6) is 29.0 Å². The minimum absolute atomic E-state index is 0.0749. The van der Waals surface area contributed by atoms with Crippen molar-refractivity contribution in [3.05, 3.63) is 95.5 Å². The molecule has 0 radical (unpaired) electrons. The zero-order valence-electron chi connectivity index (χ0n) is 16.2. The Hall–Kier alpha value is -3.32. The number of aromatic nitrogens is 3. The minimum atomic E-state index is -4.09. The van der Waals surface area contributed by atoms with Crippen molar-refractivity contribution in [1.29, 1.82) is 0 Å². The van der Waals surface area contributed by atoms with Crippen LogP contribution in [0.25, 0.3) is 0 Å². The quantitative estimate of drug-likeness (QED) is 0.255. The molecule has 0 saturated carbocycles. The van der Waals surface area contributed by atoms with Crippen LogP contribution in [0.3, 0.4) is 0 Å². The summed E-state index contributed by atoms with van der Waals surface area (Å²) in [4.78, 5) is 11.3. The van der Waals surface area contributed by atoms with Crippen LogP contribution in [0.1, 0.15) is 0 Å². The summed E-state index contributed by atoms with van der Waals surface area (Å²) < 4.78 is 35.7. The number of nitrogens with zero attached hydrogens (tertiary/aromatic N) is 3. The second-order valence-electron chi connectivity index (χ2n) is 6.08. The summed E-state index contributed by atoms with van der Waals surface area (Å²) in [5.41, 5.74) is 0. The van der Waals surface area contributed by atoms with Crippen LogP contribution in [0.4, 0.5) is 0 Å². The molecule has 0 bridgehead atoms. The second-order valence-corrected chi connectivity index (χ2v) is 8.19. The smallest absolute Gasteiger partial charge is 0.424 e. The fraction of sp³-hybridized carbons (Fsp3) is 0. The molecule has 162 valence electrons. The van der Waals surface area contributed by atoms with E-state index in [0.717, 1.165) is 0 Å². The molecule has 0 fully saturated rings. The van der Waals surface area contributed by atoms with Gasteiger partial charge in [0.15, 0.2) is 0 Å². The van der Waals surface area contributed by atoms with Crippen molar-refractivity contribution in [1.82, 2.24) is 15.0 Å². The summed E-state index contributed by atoms with van der Waals surface area (Å²) >= 11 is 11.5. The number of benzene rings is 3. The Balaban J connectivity index is 1.52. The predicted octanol–water partition coefficient (Wildman–Crippen LogP) is 6.62. The monoisotopic (exact) mass is 489 g/mol. The van der Waals surface area contributed by atoms with Gasteiger partial charge in [-0.15, -0.1) is 0 Å². The van der Waals surface area contributed by atoms with Crippen LogP contribution >= 0.6 is 31.0 Å². The number of halogens is 2. The van der Waals surface area contributed by atoms with Crippen molar-refractivity contribution < 1.29 is 22.9 Å². The average molecular weight is 490 g/mol. The van der Waals surface area contributed by atoms with Crippen LogP contribution in [0.15, 0.2) is 84.9 Å². The number of rotatable bonds is 8. The van der Waals surface area contributed by atoms with Crippen molar-refractivity contribution in [2.24, 2.45) is 0 Å². The molecule has 32 heavy (non-hydrogen) atoms. The first-order valence-electron chi connectivity index (χ1n) is 9.11. The standard InChI is InChI=1S/C21H14Cl2N3O5P/c22-19-24-20(23)26-21(25-19)28-15-11-13-18(14-12-15)31-32(27,29-16-7-3-1-4-8-16)30-17-9-5-2-6-10-17/h1-14H. The molecule has 8 nitrogen and oxygen atoms in total. The predicted molar refractivity (Wildman–Crippen MR) is 119 cm³/mol. The molecule has 0 saturated heterocycles. The first-order valence-corrected chi connectivity index (χ1v) is 11.3. The highest BCUT2D eigenvalue weighted by molar-refractivity contribution is 7.49. The van der Waals surface area contributed by atoms with Crippen molar-refractivity contribution in [2.75, 3.05) is 0 Å². The molecular formula is C21H14Cl2N3O5P. The van der Waals surface area contributed by atoms with Crippen LogP contribution in [0.2, 0.25) is 10.6 Å². The fourth-order valence-electron chi connectivity index (χ4n) is 2.43. The Morgan fingerprint density at radius 3 is 1.44 bits per heavy atom. The van der Waals surface area contributed by atoms with Crippen LogP contribution in [0, 0.1) is 0 Å². The maximum Gasteiger partial charge on any atom is 0.647 e. The van der Waals surface area contributed by atoms with Gasteiger partial charge in [-0.25, -0.2) is 0 Å². The lowest BCUT2D eigenvalue weighted by atomic mass is 10.3. The summed E-state index contributed by atoms with van der Waals surface area (Å²) in [5.74, 6) is 1.24. The van der Waals surface area contributed by atoms with Gasteiger partial charge in [0.25, 0.3) is 0 Å². The molecule has 0 amide bonds. The highest BCUT2D eigenvalue weighted by Gasteiger charge is 2.33. The highest BCUT2D eigenvalue weighted by atomic mass is 35.5. The van der Waals surface area contributed by atoms with Crippen molar-refractivity contribution in [2.45, 2.75) is 0 Å². The zero-order valence-corrected chi connectivity index (χ0v) is 18.6. The molecule has 0 aliphatic heterocycles. The molecule has 0 aliphatic carbocycles. The first-order chi connectivity index (χ1) is 15.5. The Morgan fingerprint density at radius 1 is 0.562 bits per heavy atom. The van der Waals surface area contributed by atoms with E-state index >= 15 is 0 Å². The van der Waals surface area contributed by atoms with Crippen LogP contribution in [-0.4, -0.2) is 15.0 Å². The molecule has 0 atom stereocenters. The van der Waals surface area contributed by atoms with E-state index < -0.39 is 7.82 Å². The summed E-state index contributed by atoms with van der Waals surface area (Å²) in [6.45, 7) is 0. The Morgan fingerprint density at radius 2 is 0.969 bits per heavy atom. The second kappa shape index (κ2) is 9.87. The van der Waals surface area contributed by atoms with E-state index in [0.29, 0.717) is 17.2 Å². The number of phosphoric acid groups is 1. The molecule has 0 spiro atoms. The van der Waals surface area contributed by atoms with Gasteiger partial charge in [0.2, 0.25) is 10.6 Å². The molecular weight excluding hydrogens is 476 g/mol. The van der Waals surface area contributed by atoms with Gasteiger partial charge >= 0.3 is 13.8 Å². The molecule has 4 aromatic rings. The molecule has 3 aromatic carbocycles. The van der Waals surface area contributed by atoms with Gasteiger partial charge in [-0.3, -0.25) is 0 Å². The van der Waals surface area contributed by atoms with Gasteiger partial charge in [0.1, 0.15) is 23.0 Å². The van der Waals surface area contributed by atoms with Gasteiger partial charge in [-0.05, 0) is 71.7 Å². The SMILES string of the molecule is O=P(Oc1ccccc1)(Oc1ccccc1)Oc1ccc(Oc2nc(Cl)nc(Cl)n2)cc1. The van der Waals surface area contributed by atoms with Gasteiger partial charge in [-0.2, -0.15) is 19.5 Å². The molecule has 1 aromatic heterocycles. The van der Waals surface area contributed by atoms with Gasteiger partial charge in [0, 0.05) is 0 Å². The third-order valence-corrected chi connectivity index (χ3v) is 5.37. The molecule has 1 heterocycles. The number of para-hydroxylation sites is 2. The van der Waals surface area contributed by atoms with E-state index in [-0.39, 0.29) is 22.3 Å². The largest absolute Gasteiger partial charge is 0.647 e. The molecule has 11 heteroatoms. The number of phosphoric ester groups is 1. The van der Waals surface area contributed by atoms with E-state index in [2.05, 4.69) is 15.0 Å². The van der Waals surface area contributed by atoms with Crippen LogP contribution in [-0.2, 0) is 4.57 Å². The highest BCUT2D eigenvalue weighted by Crippen LogP contribution is 2.49. The maximum absolute atomic E-state index is 13.4. The summed E-state index contributed by atoms with van der Waals surface area (Å²) in [6.07, 6.45) is 0. The van der Waals surface area contributed by atoms with E-state index in [9.17, 15) is 4.57 Å². The fourth-order valence-corrected chi connectivity index (χ4v) is 4.03. The Bertz CT molecular complexity index is 1170. The van der Waals surface area contributed by atoms with E-state index in [1.807, 2.05) is 12.1 Å². The lowest BCUT2D eigenvalue weighted by molar-refractivity contribution is 0.298. The summed E-state index contributed by atoms with van der Waals surface area (Å²) in [7, 11) is -4.09. The average Bonchev–Trinajstić information content (AvgIpc) is 2.76. The summed E-state index contributed by atoms with van der Waals surface area (Å²) in [6, 6.07) is 23.2. The van der Waals surface area contributed by atoms with Gasteiger partial charge < -0.3 is 18.3 Å². The third kappa shape index (κ3) is 6.11. The van der Waals surface area contributed by atoms with Gasteiger partial charge in [-0.1, -0.05) is 36.4 Å². The first kappa shape index (κ1) is 21.9. The van der Waals surface area contributed by atoms with Crippen LogP contribution < -0.4 is 18.3 Å². The molecule has 4 rings (SSSR count).